The zero-order chi connectivity index (χ0) is 19.1. The summed E-state index contributed by atoms with van der Waals surface area (Å²) < 4.78 is 34.6. The second-order valence-electron chi connectivity index (χ2n) is 5.43. The number of alkyl halides is 2. The highest BCUT2D eigenvalue weighted by atomic mass is 19.3. The van der Waals surface area contributed by atoms with Crippen molar-refractivity contribution in [2.45, 2.75) is 6.61 Å². The summed E-state index contributed by atoms with van der Waals surface area (Å²) in [7, 11) is 3.22. The SMILES string of the molecule is CN(C)C(=O)COc1cccc(NC(=O)c2ccccc2OC(F)F)c1. The normalized spacial score (nSPS) is 10.3. The number of ether oxygens (including phenoxy) is 2. The van der Waals surface area contributed by atoms with Gasteiger partial charge in [-0.2, -0.15) is 8.78 Å². The van der Waals surface area contributed by atoms with Gasteiger partial charge in [0.05, 0.1) is 5.56 Å². The number of hydrogen-bond acceptors (Lipinski definition) is 4. The minimum atomic E-state index is -3.03. The Balaban J connectivity index is 2.08. The molecule has 0 aliphatic heterocycles. The largest absolute Gasteiger partial charge is 0.484 e. The van der Waals surface area contributed by atoms with Crippen LogP contribution in [0.1, 0.15) is 10.4 Å². The standard InChI is InChI=1S/C18H18F2N2O4/c1-22(2)16(23)11-25-13-7-5-6-12(10-13)21-17(24)14-8-3-4-9-15(14)26-18(19)20/h3-10,18H,11H2,1-2H3,(H,21,24). The lowest BCUT2D eigenvalue weighted by atomic mass is 10.2. The Hall–Kier alpha value is -3.16. The summed E-state index contributed by atoms with van der Waals surface area (Å²) in [5, 5.41) is 2.58. The third kappa shape index (κ3) is 5.44. The van der Waals surface area contributed by atoms with E-state index in [9.17, 15) is 18.4 Å². The number of rotatable bonds is 7. The molecule has 0 saturated heterocycles. The molecule has 138 valence electrons. The average Bonchev–Trinajstić information content (AvgIpc) is 2.59. The highest BCUT2D eigenvalue weighted by Crippen LogP contribution is 2.23. The van der Waals surface area contributed by atoms with Gasteiger partial charge in [0.15, 0.2) is 6.61 Å². The van der Waals surface area contributed by atoms with E-state index in [1.54, 1.807) is 38.4 Å². The van der Waals surface area contributed by atoms with Crippen molar-refractivity contribution < 1.29 is 27.8 Å². The van der Waals surface area contributed by atoms with Crippen LogP contribution in [0, 0.1) is 0 Å². The minimum absolute atomic E-state index is 0.0260. The molecule has 8 heteroatoms. The van der Waals surface area contributed by atoms with E-state index in [1.165, 1.54) is 29.2 Å². The molecule has 0 saturated carbocycles. The molecular formula is C18H18F2N2O4. The molecule has 0 aliphatic rings. The highest BCUT2D eigenvalue weighted by molar-refractivity contribution is 6.06. The van der Waals surface area contributed by atoms with E-state index in [0.717, 1.165) is 0 Å². The fraction of sp³-hybridized carbons (Fsp3) is 0.222. The molecule has 2 aromatic rings. The average molecular weight is 364 g/mol. The van der Waals surface area contributed by atoms with Crippen LogP contribution in [0.15, 0.2) is 48.5 Å². The van der Waals surface area contributed by atoms with Crippen molar-refractivity contribution in [2.24, 2.45) is 0 Å². The maximum Gasteiger partial charge on any atom is 0.387 e. The first-order chi connectivity index (χ1) is 12.4. The van der Waals surface area contributed by atoms with E-state index >= 15 is 0 Å². The Morgan fingerprint density at radius 1 is 1.12 bits per heavy atom. The van der Waals surface area contributed by atoms with Crippen LogP contribution in [0.3, 0.4) is 0 Å². The van der Waals surface area contributed by atoms with Crippen molar-refractivity contribution in [2.75, 3.05) is 26.0 Å². The Kier molecular flexibility index (Phi) is 6.48. The quantitative estimate of drug-likeness (QED) is 0.820. The van der Waals surface area contributed by atoms with Gasteiger partial charge in [-0.1, -0.05) is 18.2 Å². The molecular weight excluding hydrogens is 346 g/mol. The smallest absolute Gasteiger partial charge is 0.387 e. The lowest BCUT2D eigenvalue weighted by Crippen LogP contribution is -2.27. The van der Waals surface area contributed by atoms with Gasteiger partial charge in [0.2, 0.25) is 0 Å². The molecule has 26 heavy (non-hydrogen) atoms. The molecule has 0 bridgehead atoms. The molecule has 1 N–H and O–H groups in total. The molecule has 0 unspecified atom stereocenters. The second-order valence-corrected chi connectivity index (χ2v) is 5.43. The van der Waals surface area contributed by atoms with Crippen LogP contribution >= 0.6 is 0 Å². The number of halogens is 2. The number of anilines is 1. The molecule has 0 spiro atoms. The van der Waals surface area contributed by atoms with E-state index in [1.807, 2.05) is 0 Å². The fourth-order valence-electron chi connectivity index (χ4n) is 1.99. The summed E-state index contributed by atoms with van der Waals surface area (Å²) in [5.74, 6) is -0.653. The number of para-hydroxylation sites is 1. The van der Waals surface area contributed by atoms with Gasteiger partial charge < -0.3 is 19.7 Å². The van der Waals surface area contributed by atoms with E-state index < -0.39 is 12.5 Å². The van der Waals surface area contributed by atoms with Gasteiger partial charge in [0.1, 0.15) is 11.5 Å². The summed E-state index contributed by atoms with van der Waals surface area (Å²) in [6, 6.07) is 12.1. The summed E-state index contributed by atoms with van der Waals surface area (Å²) in [6.45, 7) is -3.18. The maximum atomic E-state index is 12.4. The number of amides is 2. The number of carbonyl (C=O) groups is 2. The van der Waals surface area contributed by atoms with Crippen LogP contribution in [-0.4, -0.2) is 44.0 Å². The first-order valence-corrected chi connectivity index (χ1v) is 7.65. The lowest BCUT2D eigenvalue weighted by Gasteiger charge is -2.13. The molecule has 0 heterocycles. The number of nitrogens with zero attached hydrogens (tertiary/aromatic N) is 1. The molecule has 6 nitrogen and oxygen atoms in total. The third-order valence-corrected chi connectivity index (χ3v) is 3.30. The van der Waals surface area contributed by atoms with E-state index in [0.29, 0.717) is 11.4 Å². The number of carbonyl (C=O) groups excluding carboxylic acids is 2. The number of nitrogens with one attached hydrogen (secondary N) is 1. The number of hydrogen-bond donors (Lipinski definition) is 1. The van der Waals surface area contributed by atoms with Crippen molar-refractivity contribution in [3.05, 3.63) is 54.1 Å². The van der Waals surface area contributed by atoms with Crippen molar-refractivity contribution in [1.29, 1.82) is 0 Å². The Bertz CT molecular complexity index is 781. The van der Waals surface area contributed by atoms with E-state index in [-0.39, 0.29) is 23.8 Å². The van der Waals surface area contributed by atoms with E-state index in [4.69, 9.17) is 4.74 Å². The molecule has 0 atom stereocenters. The van der Waals surface area contributed by atoms with Gasteiger partial charge >= 0.3 is 6.61 Å². The predicted octanol–water partition coefficient (Wildman–Crippen LogP) is 3.01. The van der Waals surface area contributed by atoms with Crippen molar-refractivity contribution in [3.8, 4) is 11.5 Å². The van der Waals surface area contributed by atoms with Crippen molar-refractivity contribution in [3.63, 3.8) is 0 Å². The van der Waals surface area contributed by atoms with Crippen LogP contribution < -0.4 is 14.8 Å². The zero-order valence-corrected chi connectivity index (χ0v) is 14.2. The van der Waals surface area contributed by atoms with Gasteiger partial charge in [0.25, 0.3) is 11.8 Å². The third-order valence-electron chi connectivity index (χ3n) is 3.30. The fourth-order valence-corrected chi connectivity index (χ4v) is 1.99. The molecule has 2 amide bonds. The molecule has 2 aromatic carbocycles. The molecule has 0 fully saturated rings. The van der Waals surface area contributed by atoms with E-state index in [2.05, 4.69) is 10.1 Å². The van der Waals surface area contributed by atoms with Crippen LogP contribution in [0.4, 0.5) is 14.5 Å². The summed E-state index contributed by atoms with van der Waals surface area (Å²) in [6.07, 6.45) is 0. The molecule has 2 rings (SSSR count). The molecule has 0 aromatic heterocycles. The second kappa shape index (κ2) is 8.80. The highest BCUT2D eigenvalue weighted by Gasteiger charge is 2.15. The number of benzene rings is 2. The van der Waals surface area contributed by atoms with Crippen LogP contribution in [-0.2, 0) is 4.79 Å². The summed E-state index contributed by atoms with van der Waals surface area (Å²) in [5.41, 5.74) is 0.360. The Labute approximate surface area is 149 Å². The van der Waals surface area contributed by atoms with Crippen molar-refractivity contribution in [1.82, 2.24) is 4.90 Å². The Morgan fingerprint density at radius 2 is 1.85 bits per heavy atom. The maximum absolute atomic E-state index is 12.4. The van der Waals surface area contributed by atoms with Gasteiger partial charge in [-0.3, -0.25) is 9.59 Å². The van der Waals surface area contributed by atoms with Crippen LogP contribution in [0.25, 0.3) is 0 Å². The predicted molar refractivity (Wildman–Crippen MR) is 91.7 cm³/mol. The first-order valence-electron chi connectivity index (χ1n) is 7.65. The van der Waals surface area contributed by atoms with Crippen LogP contribution in [0.5, 0.6) is 11.5 Å². The molecule has 0 aliphatic carbocycles. The van der Waals surface area contributed by atoms with Crippen LogP contribution in [0.2, 0.25) is 0 Å². The number of likely N-dealkylation sites (N-methyl/N-ethyl adjacent to an activating group) is 1. The van der Waals surface area contributed by atoms with Gasteiger partial charge in [-0.05, 0) is 24.3 Å². The first kappa shape index (κ1) is 19.2. The summed E-state index contributed by atoms with van der Waals surface area (Å²) in [4.78, 5) is 25.3. The van der Waals surface area contributed by atoms with Crippen molar-refractivity contribution >= 4 is 17.5 Å². The van der Waals surface area contributed by atoms with Gasteiger partial charge in [-0.25, -0.2) is 0 Å². The minimum Gasteiger partial charge on any atom is -0.484 e. The van der Waals surface area contributed by atoms with Gasteiger partial charge in [-0.15, -0.1) is 0 Å². The Morgan fingerprint density at radius 3 is 2.54 bits per heavy atom. The molecule has 0 radical (unpaired) electrons. The summed E-state index contributed by atoms with van der Waals surface area (Å²) >= 11 is 0. The zero-order valence-electron chi connectivity index (χ0n) is 14.2. The lowest BCUT2D eigenvalue weighted by molar-refractivity contribution is -0.130. The van der Waals surface area contributed by atoms with Gasteiger partial charge in [0, 0.05) is 25.8 Å². The topological polar surface area (TPSA) is 67.9 Å². The monoisotopic (exact) mass is 364 g/mol.